The number of rotatable bonds is 4. The molecule has 0 aliphatic carbocycles. The van der Waals surface area contributed by atoms with Crippen LogP contribution in [0.5, 0.6) is 0 Å². The predicted molar refractivity (Wildman–Crippen MR) is 81.8 cm³/mol. The molecule has 0 spiro atoms. The summed E-state index contributed by atoms with van der Waals surface area (Å²) in [6.07, 6.45) is 1.85. The van der Waals surface area contributed by atoms with Gasteiger partial charge in [-0.1, -0.05) is 49.2 Å². The molecular weight excluding hydrogens is 281 g/mol. The van der Waals surface area contributed by atoms with Crippen LogP contribution in [0.2, 0.25) is 10.0 Å². The molecule has 0 aliphatic rings. The fourth-order valence-corrected chi connectivity index (χ4v) is 2.53. The first kappa shape index (κ1) is 14.2. The molecular formula is C14H17Cl2N3. The van der Waals surface area contributed by atoms with Crippen LogP contribution in [0.3, 0.4) is 0 Å². The minimum absolute atomic E-state index is 0.500. The van der Waals surface area contributed by atoms with Crippen molar-refractivity contribution in [2.24, 2.45) is 0 Å². The minimum Gasteiger partial charge on any atom is -0.383 e. The van der Waals surface area contributed by atoms with E-state index in [1.165, 1.54) is 0 Å². The quantitative estimate of drug-likeness (QED) is 0.908. The van der Waals surface area contributed by atoms with Crippen molar-refractivity contribution < 1.29 is 0 Å². The average Bonchev–Trinajstić information content (AvgIpc) is 2.71. The summed E-state index contributed by atoms with van der Waals surface area (Å²) in [7, 11) is 0. The molecule has 0 aliphatic heterocycles. The van der Waals surface area contributed by atoms with Crippen LogP contribution in [-0.2, 0) is 13.0 Å². The number of anilines is 1. The molecule has 0 saturated carbocycles. The van der Waals surface area contributed by atoms with E-state index in [0.717, 1.165) is 36.5 Å². The lowest BCUT2D eigenvalue weighted by Gasteiger charge is -2.07. The number of hydrogen-bond donors (Lipinski definition) is 1. The molecule has 5 heteroatoms. The zero-order valence-electron chi connectivity index (χ0n) is 11.1. The number of nitrogens with two attached hydrogens (primary N) is 1. The van der Waals surface area contributed by atoms with Crippen molar-refractivity contribution in [3.8, 4) is 11.3 Å². The molecule has 0 amide bonds. The van der Waals surface area contributed by atoms with E-state index in [-0.39, 0.29) is 0 Å². The number of benzene rings is 1. The van der Waals surface area contributed by atoms with Gasteiger partial charge in [0.2, 0.25) is 0 Å². The van der Waals surface area contributed by atoms with Crippen LogP contribution in [0, 0.1) is 0 Å². The Kier molecular flexibility index (Phi) is 4.38. The lowest BCUT2D eigenvalue weighted by Crippen LogP contribution is -2.06. The second-order valence-corrected chi connectivity index (χ2v) is 5.15. The summed E-state index contributed by atoms with van der Waals surface area (Å²) >= 11 is 12.3. The standard InChI is InChI=1S/C14H17Cl2N3/c1-3-8-19-11(4-2)18-13(14(19)17)9-6-5-7-10(15)12(9)16/h5-7H,3-4,8,17H2,1-2H3. The molecule has 2 rings (SSSR count). The topological polar surface area (TPSA) is 43.8 Å². The van der Waals surface area contributed by atoms with Crippen molar-refractivity contribution >= 4 is 29.0 Å². The second-order valence-electron chi connectivity index (χ2n) is 4.37. The van der Waals surface area contributed by atoms with Crippen molar-refractivity contribution in [1.29, 1.82) is 0 Å². The van der Waals surface area contributed by atoms with Crippen LogP contribution in [0.4, 0.5) is 5.82 Å². The first-order valence-corrected chi connectivity index (χ1v) is 7.15. The van der Waals surface area contributed by atoms with E-state index in [4.69, 9.17) is 28.9 Å². The SMILES string of the molecule is CCCn1c(CC)nc(-c2cccc(Cl)c2Cl)c1N. The Morgan fingerprint density at radius 2 is 2.00 bits per heavy atom. The van der Waals surface area contributed by atoms with Gasteiger partial charge in [-0.25, -0.2) is 4.98 Å². The van der Waals surface area contributed by atoms with Gasteiger partial charge in [0.05, 0.1) is 10.0 Å². The molecule has 1 aromatic carbocycles. The molecule has 0 bridgehead atoms. The molecule has 1 heterocycles. The third kappa shape index (κ3) is 2.58. The number of nitrogen functional groups attached to an aromatic ring is 1. The van der Waals surface area contributed by atoms with Crippen LogP contribution >= 0.6 is 23.2 Å². The largest absolute Gasteiger partial charge is 0.383 e. The average molecular weight is 298 g/mol. The smallest absolute Gasteiger partial charge is 0.131 e. The van der Waals surface area contributed by atoms with Crippen LogP contribution in [0.15, 0.2) is 18.2 Å². The van der Waals surface area contributed by atoms with Gasteiger partial charge in [-0.3, -0.25) is 0 Å². The van der Waals surface area contributed by atoms with E-state index in [9.17, 15) is 0 Å². The Hall–Kier alpha value is -1.19. The summed E-state index contributed by atoms with van der Waals surface area (Å²) < 4.78 is 2.05. The summed E-state index contributed by atoms with van der Waals surface area (Å²) in [4.78, 5) is 4.61. The number of nitrogens with zero attached hydrogens (tertiary/aromatic N) is 2. The maximum Gasteiger partial charge on any atom is 0.131 e. The minimum atomic E-state index is 0.500. The summed E-state index contributed by atoms with van der Waals surface area (Å²) in [6, 6.07) is 5.50. The maximum atomic E-state index is 6.24. The van der Waals surface area contributed by atoms with E-state index < -0.39 is 0 Å². The third-order valence-corrected chi connectivity index (χ3v) is 3.87. The number of aromatic nitrogens is 2. The van der Waals surface area contributed by atoms with Gasteiger partial charge in [0, 0.05) is 18.5 Å². The Morgan fingerprint density at radius 3 is 2.63 bits per heavy atom. The first-order chi connectivity index (χ1) is 9.10. The molecule has 0 radical (unpaired) electrons. The van der Waals surface area contributed by atoms with Crippen molar-refractivity contribution in [3.05, 3.63) is 34.1 Å². The Labute approximate surface area is 123 Å². The molecule has 1 aromatic heterocycles. The van der Waals surface area contributed by atoms with Crippen molar-refractivity contribution in [1.82, 2.24) is 9.55 Å². The molecule has 2 aromatic rings. The number of halogens is 2. The van der Waals surface area contributed by atoms with Gasteiger partial charge in [0.15, 0.2) is 0 Å². The van der Waals surface area contributed by atoms with E-state index in [1.807, 2.05) is 16.7 Å². The van der Waals surface area contributed by atoms with Crippen molar-refractivity contribution in [2.75, 3.05) is 5.73 Å². The van der Waals surface area contributed by atoms with Crippen LogP contribution in [-0.4, -0.2) is 9.55 Å². The zero-order chi connectivity index (χ0) is 14.0. The van der Waals surface area contributed by atoms with Crippen molar-refractivity contribution in [2.45, 2.75) is 33.2 Å². The molecule has 0 atom stereocenters. The molecule has 0 saturated heterocycles. The van der Waals surface area contributed by atoms with Crippen LogP contribution in [0.1, 0.15) is 26.1 Å². The fraction of sp³-hybridized carbons (Fsp3) is 0.357. The van der Waals surface area contributed by atoms with Crippen LogP contribution < -0.4 is 5.73 Å². The molecule has 2 N–H and O–H groups in total. The van der Waals surface area contributed by atoms with E-state index in [2.05, 4.69) is 18.8 Å². The van der Waals surface area contributed by atoms with Gasteiger partial charge in [0.25, 0.3) is 0 Å². The highest BCUT2D eigenvalue weighted by Gasteiger charge is 2.17. The maximum absolute atomic E-state index is 6.24. The highest BCUT2D eigenvalue weighted by molar-refractivity contribution is 6.43. The summed E-state index contributed by atoms with van der Waals surface area (Å²) in [5.74, 6) is 1.63. The van der Waals surface area contributed by atoms with Crippen LogP contribution in [0.25, 0.3) is 11.3 Å². The molecule has 0 fully saturated rings. The Bertz CT molecular complexity index is 591. The fourth-order valence-electron chi connectivity index (χ4n) is 2.14. The Morgan fingerprint density at radius 1 is 1.26 bits per heavy atom. The van der Waals surface area contributed by atoms with Gasteiger partial charge < -0.3 is 10.3 Å². The molecule has 19 heavy (non-hydrogen) atoms. The Balaban J connectivity index is 2.60. The highest BCUT2D eigenvalue weighted by atomic mass is 35.5. The monoisotopic (exact) mass is 297 g/mol. The summed E-state index contributed by atoms with van der Waals surface area (Å²) in [5.41, 5.74) is 7.72. The molecule has 0 unspecified atom stereocenters. The van der Waals surface area contributed by atoms with Gasteiger partial charge in [0.1, 0.15) is 17.3 Å². The van der Waals surface area contributed by atoms with E-state index in [0.29, 0.717) is 15.9 Å². The van der Waals surface area contributed by atoms with Crippen molar-refractivity contribution in [3.63, 3.8) is 0 Å². The normalized spacial score (nSPS) is 10.9. The van der Waals surface area contributed by atoms with Gasteiger partial charge in [-0.05, 0) is 12.5 Å². The second kappa shape index (κ2) is 5.85. The number of imidazole rings is 1. The number of aryl methyl sites for hydroxylation is 1. The zero-order valence-corrected chi connectivity index (χ0v) is 12.6. The van der Waals surface area contributed by atoms with E-state index >= 15 is 0 Å². The first-order valence-electron chi connectivity index (χ1n) is 6.39. The highest BCUT2D eigenvalue weighted by Crippen LogP contribution is 2.36. The van der Waals surface area contributed by atoms with Gasteiger partial charge in [-0.15, -0.1) is 0 Å². The van der Waals surface area contributed by atoms with Gasteiger partial charge in [-0.2, -0.15) is 0 Å². The number of hydrogen-bond acceptors (Lipinski definition) is 2. The predicted octanol–water partition coefficient (Wildman–Crippen LogP) is 4.41. The lowest BCUT2D eigenvalue weighted by atomic mass is 10.1. The van der Waals surface area contributed by atoms with E-state index in [1.54, 1.807) is 6.07 Å². The summed E-state index contributed by atoms with van der Waals surface area (Å²) in [6.45, 7) is 5.04. The third-order valence-electron chi connectivity index (χ3n) is 3.06. The lowest BCUT2D eigenvalue weighted by molar-refractivity contribution is 0.650. The summed E-state index contributed by atoms with van der Waals surface area (Å²) in [5, 5.41) is 1.02. The van der Waals surface area contributed by atoms with Gasteiger partial charge >= 0.3 is 0 Å². The molecule has 3 nitrogen and oxygen atoms in total. The molecule has 102 valence electrons.